The van der Waals surface area contributed by atoms with Crippen molar-refractivity contribution in [2.45, 2.75) is 19.4 Å². The summed E-state index contributed by atoms with van der Waals surface area (Å²) in [7, 11) is 0. The van der Waals surface area contributed by atoms with Gasteiger partial charge in [0, 0.05) is 34.9 Å². The van der Waals surface area contributed by atoms with Crippen LogP contribution in [0.5, 0.6) is 11.5 Å². The average molecular weight is 536 g/mol. The number of rotatable bonds is 11. The number of phenols is 1. The van der Waals surface area contributed by atoms with Crippen LogP contribution in [0, 0.1) is 0 Å². The molecule has 0 saturated carbocycles. The quantitative estimate of drug-likeness (QED) is 0.135. The molecule has 4 aromatic carbocycles. The molecule has 204 valence electrons. The second-order valence-corrected chi connectivity index (χ2v) is 9.59. The molecule has 0 unspecified atom stereocenters. The van der Waals surface area contributed by atoms with E-state index in [1.807, 2.05) is 37.3 Å². The Bertz CT molecular complexity index is 1650. The molecule has 1 atom stereocenters. The normalized spacial score (nSPS) is 11.8. The topological polar surface area (TPSA) is 107 Å². The van der Waals surface area contributed by atoms with Gasteiger partial charge in [0.1, 0.15) is 11.5 Å². The lowest BCUT2D eigenvalue weighted by molar-refractivity contribution is 0.176. The summed E-state index contributed by atoms with van der Waals surface area (Å²) in [6, 6.07) is 30.9. The van der Waals surface area contributed by atoms with Crippen LogP contribution in [0.25, 0.3) is 22.0 Å². The Labute approximate surface area is 233 Å². The van der Waals surface area contributed by atoms with E-state index in [0.29, 0.717) is 36.2 Å². The lowest BCUT2D eigenvalue weighted by Crippen LogP contribution is -2.24. The molecule has 0 saturated heterocycles. The van der Waals surface area contributed by atoms with Gasteiger partial charge in [-0.25, -0.2) is 0 Å². The summed E-state index contributed by atoms with van der Waals surface area (Å²) in [5, 5.41) is 28.2. The highest BCUT2D eigenvalue weighted by Crippen LogP contribution is 2.32. The van der Waals surface area contributed by atoms with Crippen molar-refractivity contribution in [2.24, 2.45) is 0 Å². The van der Waals surface area contributed by atoms with Gasteiger partial charge < -0.3 is 30.6 Å². The number of aliphatic hydroxyl groups excluding tert-OH is 1. The van der Waals surface area contributed by atoms with Crippen LogP contribution in [0.2, 0.25) is 0 Å². The molecular weight excluding hydrogens is 502 g/mol. The third-order valence-corrected chi connectivity index (χ3v) is 6.80. The molecule has 7 nitrogen and oxygen atoms in total. The van der Waals surface area contributed by atoms with E-state index in [1.165, 1.54) is 17.7 Å². The molecule has 7 heteroatoms. The largest absolute Gasteiger partial charge is 0.506 e. The first-order valence-electron chi connectivity index (χ1n) is 13.4. The van der Waals surface area contributed by atoms with Crippen molar-refractivity contribution in [3.63, 3.8) is 0 Å². The molecule has 5 aromatic rings. The van der Waals surface area contributed by atoms with Gasteiger partial charge in [0.25, 0.3) is 0 Å². The number of anilines is 2. The van der Waals surface area contributed by atoms with Crippen molar-refractivity contribution >= 4 is 22.3 Å². The van der Waals surface area contributed by atoms with E-state index in [0.717, 1.165) is 34.7 Å². The fraction of sp³-hybridized carbons (Fsp3) is 0.182. The van der Waals surface area contributed by atoms with E-state index in [-0.39, 0.29) is 11.3 Å². The van der Waals surface area contributed by atoms with Gasteiger partial charge in [-0.15, -0.1) is 0 Å². The zero-order valence-electron chi connectivity index (χ0n) is 22.4. The van der Waals surface area contributed by atoms with Gasteiger partial charge in [0.15, 0.2) is 0 Å². The molecular formula is C33H33N3O4. The van der Waals surface area contributed by atoms with E-state index < -0.39 is 6.10 Å². The molecule has 0 fully saturated rings. The molecule has 0 amide bonds. The molecule has 0 aliphatic heterocycles. The lowest BCUT2D eigenvalue weighted by Gasteiger charge is -2.15. The summed E-state index contributed by atoms with van der Waals surface area (Å²) >= 11 is 0. The first-order valence-corrected chi connectivity index (χ1v) is 13.4. The van der Waals surface area contributed by atoms with Crippen LogP contribution in [0.3, 0.4) is 0 Å². The van der Waals surface area contributed by atoms with E-state index in [1.54, 1.807) is 12.1 Å². The smallest absolute Gasteiger partial charge is 0.248 e. The molecule has 0 aliphatic carbocycles. The minimum absolute atomic E-state index is 0.0193. The summed E-state index contributed by atoms with van der Waals surface area (Å²) in [6.07, 6.45) is 0.0252. The first kappa shape index (κ1) is 27.0. The number of ether oxygens (including phenoxy) is 1. The molecule has 1 heterocycles. The predicted molar refractivity (Wildman–Crippen MR) is 161 cm³/mol. The predicted octanol–water partition coefficient (Wildman–Crippen LogP) is 5.91. The van der Waals surface area contributed by atoms with Crippen molar-refractivity contribution in [2.75, 3.05) is 25.0 Å². The average Bonchev–Trinajstić information content (AvgIpc) is 2.97. The van der Waals surface area contributed by atoms with Crippen LogP contribution in [0.1, 0.15) is 24.2 Å². The van der Waals surface area contributed by atoms with Gasteiger partial charge in [0.2, 0.25) is 5.56 Å². The number of para-hydroxylation sites is 1. The Morgan fingerprint density at radius 3 is 2.55 bits per heavy atom. The maximum absolute atomic E-state index is 11.6. The van der Waals surface area contributed by atoms with Crippen LogP contribution < -0.4 is 20.9 Å². The van der Waals surface area contributed by atoms with Gasteiger partial charge >= 0.3 is 0 Å². The van der Waals surface area contributed by atoms with Crippen LogP contribution in [-0.2, 0) is 6.42 Å². The van der Waals surface area contributed by atoms with Gasteiger partial charge in [-0.05, 0) is 79.0 Å². The van der Waals surface area contributed by atoms with Gasteiger partial charge in [-0.1, -0.05) is 48.5 Å². The Morgan fingerprint density at radius 2 is 1.73 bits per heavy atom. The molecule has 1 aromatic heterocycles. The fourth-order valence-electron chi connectivity index (χ4n) is 4.80. The standard InChI is InChI=1S/C33H33N3O4/c1-2-40-31-9-4-3-8-26(31)23-6-5-7-25(20-23)35-24-12-10-22(11-13-24)18-19-34-21-30(38)27-14-16-29(37)33-28(27)15-17-32(39)36-33/h3-17,20,30,34-35,37-38H,2,18-19,21H2,1H3,(H,36,39)/t30-/m0/s1. The van der Waals surface area contributed by atoms with E-state index >= 15 is 0 Å². The maximum Gasteiger partial charge on any atom is 0.248 e. The second kappa shape index (κ2) is 12.5. The zero-order chi connectivity index (χ0) is 27.9. The SMILES string of the molecule is CCOc1ccccc1-c1cccc(Nc2ccc(CCNC[C@H](O)c3ccc(O)c4[nH]c(=O)ccc34)cc2)c1. The van der Waals surface area contributed by atoms with Gasteiger partial charge in [-0.3, -0.25) is 4.79 Å². The second-order valence-electron chi connectivity index (χ2n) is 9.59. The Kier molecular flexibility index (Phi) is 8.44. The number of aromatic hydroxyl groups is 1. The Morgan fingerprint density at radius 1 is 0.900 bits per heavy atom. The molecule has 5 rings (SSSR count). The molecule has 0 bridgehead atoms. The number of aliphatic hydroxyl groups is 1. The number of H-pyrrole nitrogens is 1. The fourth-order valence-corrected chi connectivity index (χ4v) is 4.80. The summed E-state index contributed by atoms with van der Waals surface area (Å²) < 4.78 is 5.80. The van der Waals surface area contributed by atoms with Crippen molar-refractivity contribution in [1.82, 2.24) is 10.3 Å². The van der Waals surface area contributed by atoms with Crippen molar-refractivity contribution in [3.8, 4) is 22.6 Å². The Balaban J connectivity index is 1.15. The van der Waals surface area contributed by atoms with Crippen molar-refractivity contribution in [3.05, 3.63) is 119 Å². The highest BCUT2D eigenvalue weighted by atomic mass is 16.5. The van der Waals surface area contributed by atoms with E-state index in [4.69, 9.17) is 4.74 Å². The summed E-state index contributed by atoms with van der Waals surface area (Å²) in [5.41, 5.74) is 6.02. The van der Waals surface area contributed by atoms with Gasteiger partial charge in [-0.2, -0.15) is 0 Å². The third kappa shape index (κ3) is 6.34. The van der Waals surface area contributed by atoms with E-state index in [9.17, 15) is 15.0 Å². The summed E-state index contributed by atoms with van der Waals surface area (Å²) in [6.45, 7) is 3.65. The Hall–Kier alpha value is -4.59. The van der Waals surface area contributed by atoms with Crippen molar-refractivity contribution < 1.29 is 14.9 Å². The number of hydrogen-bond acceptors (Lipinski definition) is 6. The maximum atomic E-state index is 11.6. The zero-order valence-corrected chi connectivity index (χ0v) is 22.4. The first-order chi connectivity index (χ1) is 19.5. The number of aromatic amines is 1. The minimum atomic E-state index is -0.781. The lowest BCUT2D eigenvalue weighted by atomic mass is 10.0. The summed E-state index contributed by atoms with van der Waals surface area (Å²) in [5.74, 6) is 0.856. The minimum Gasteiger partial charge on any atom is -0.506 e. The molecule has 0 radical (unpaired) electrons. The van der Waals surface area contributed by atoms with Crippen molar-refractivity contribution in [1.29, 1.82) is 0 Å². The van der Waals surface area contributed by atoms with Gasteiger partial charge in [0.05, 0.1) is 18.2 Å². The van der Waals surface area contributed by atoms with Crippen LogP contribution in [-0.4, -0.2) is 34.9 Å². The number of fused-ring (bicyclic) bond motifs is 1. The van der Waals surface area contributed by atoms with Crippen LogP contribution in [0.4, 0.5) is 11.4 Å². The van der Waals surface area contributed by atoms with E-state index in [2.05, 4.69) is 58.1 Å². The highest BCUT2D eigenvalue weighted by molar-refractivity contribution is 5.87. The van der Waals surface area contributed by atoms with Crippen LogP contribution >= 0.6 is 0 Å². The number of hydrogen-bond donors (Lipinski definition) is 5. The molecule has 0 spiro atoms. The monoisotopic (exact) mass is 535 g/mol. The summed E-state index contributed by atoms with van der Waals surface area (Å²) in [4.78, 5) is 14.3. The molecule has 40 heavy (non-hydrogen) atoms. The van der Waals surface area contributed by atoms with Crippen LogP contribution in [0.15, 0.2) is 102 Å². The number of pyridine rings is 1. The molecule has 0 aliphatic rings. The molecule has 5 N–H and O–H groups in total. The number of benzene rings is 4. The number of aromatic nitrogens is 1. The number of nitrogens with one attached hydrogen (secondary N) is 3. The number of phenolic OH excluding ortho intramolecular Hbond substituents is 1. The highest BCUT2D eigenvalue weighted by Gasteiger charge is 2.14. The third-order valence-electron chi connectivity index (χ3n) is 6.80.